The molecule has 180 valence electrons. The van der Waals surface area contributed by atoms with Gasteiger partial charge in [0.25, 0.3) is 0 Å². The van der Waals surface area contributed by atoms with Crippen molar-refractivity contribution in [3.8, 4) is 0 Å². The van der Waals surface area contributed by atoms with Crippen LogP contribution in [0.2, 0.25) is 0 Å². The molecule has 13 heteroatoms. The minimum Gasteiger partial charge on any atom is -0.382 e. The highest BCUT2D eigenvalue weighted by molar-refractivity contribution is 9.09. The summed E-state index contributed by atoms with van der Waals surface area (Å²) in [7, 11) is 0. The van der Waals surface area contributed by atoms with Crippen LogP contribution in [0.3, 0.4) is 0 Å². The summed E-state index contributed by atoms with van der Waals surface area (Å²) in [6.07, 6.45) is -0.614. The number of alkyl halides is 1. The number of ether oxygens (including phenoxy) is 1. The zero-order chi connectivity index (χ0) is 23.8. The fourth-order valence-corrected chi connectivity index (χ4v) is 3.43. The minimum atomic E-state index is -1.36. The second kappa shape index (κ2) is 17.3. The molecule has 4 atom stereocenters. The summed E-state index contributed by atoms with van der Waals surface area (Å²) in [6, 6.07) is -0.839. The number of rotatable bonds is 17. The number of amides is 3. The summed E-state index contributed by atoms with van der Waals surface area (Å²) in [5.74, 6) is -1.26. The maximum atomic E-state index is 12.0. The average Bonchev–Trinajstić information content (AvgIpc) is 2.74. The lowest BCUT2D eigenvalue weighted by Crippen LogP contribution is -2.47. The van der Waals surface area contributed by atoms with Gasteiger partial charge in [0, 0.05) is 6.61 Å². The van der Waals surface area contributed by atoms with Gasteiger partial charge in [0.2, 0.25) is 17.7 Å². The van der Waals surface area contributed by atoms with Crippen LogP contribution in [-0.2, 0) is 23.9 Å². The van der Waals surface area contributed by atoms with Gasteiger partial charge in [-0.2, -0.15) is 0 Å². The Bertz CT molecular complexity index is 580. The van der Waals surface area contributed by atoms with E-state index in [1.165, 1.54) is 11.8 Å². The molecule has 0 spiro atoms. The van der Waals surface area contributed by atoms with E-state index in [4.69, 9.17) is 16.2 Å². The van der Waals surface area contributed by atoms with Crippen molar-refractivity contribution in [2.24, 2.45) is 11.5 Å². The van der Waals surface area contributed by atoms with Gasteiger partial charge < -0.3 is 37.3 Å². The molecular weight excluding hydrogens is 494 g/mol. The molecule has 0 aliphatic carbocycles. The summed E-state index contributed by atoms with van der Waals surface area (Å²) in [5.41, 5.74) is 10.8. The monoisotopic (exact) mass is 527 g/mol. The van der Waals surface area contributed by atoms with E-state index in [1.807, 2.05) is 6.92 Å². The number of nitrogens with two attached hydrogens (primary N) is 2. The molecule has 0 saturated carbocycles. The number of Topliss-reactive ketones (excluding diaryl/α,β-unsaturated/α-hetero) is 1. The number of carbonyl (C=O) groups is 4. The highest BCUT2D eigenvalue weighted by Gasteiger charge is 2.26. The Hall–Kier alpha value is -1.25. The number of halogens is 1. The molecule has 3 amide bonds. The molecule has 0 radical (unpaired) electrons. The Balaban J connectivity index is 4.17. The van der Waals surface area contributed by atoms with Crippen LogP contribution in [0.25, 0.3) is 0 Å². The van der Waals surface area contributed by atoms with Crippen molar-refractivity contribution in [1.82, 2.24) is 16.0 Å². The fraction of sp³-hybridized carbons (Fsp3) is 0.778. The molecule has 0 rings (SSSR count). The molecule has 0 fully saturated rings. The molecule has 0 aromatic rings. The lowest BCUT2D eigenvalue weighted by molar-refractivity contribution is -0.133. The third-order valence-corrected chi connectivity index (χ3v) is 5.53. The molecule has 0 bridgehead atoms. The highest BCUT2D eigenvalue weighted by atomic mass is 79.9. The third-order valence-electron chi connectivity index (χ3n) is 3.97. The molecule has 0 aromatic heterocycles. The van der Waals surface area contributed by atoms with Gasteiger partial charge in [0.15, 0.2) is 5.78 Å². The van der Waals surface area contributed by atoms with Crippen LogP contribution in [0.5, 0.6) is 0 Å². The van der Waals surface area contributed by atoms with Crippen LogP contribution >= 0.6 is 27.7 Å². The van der Waals surface area contributed by atoms with E-state index >= 15 is 0 Å². The maximum absolute atomic E-state index is 12.0. The summed E-state index contributed by atoms with van der Waals surface area (Å²) >= 11 is 4.31. The fourth-order valence-electron chi connectivity index (χ4n) is 2.37. The van der Waals surface area contributed by atoms with Crippen LogP contribution in [0.1, 0.15) is 33.1 Å². The van der Waals surface area contributed by atoms with E-state index in [1.54, 1.807) is 6.92 Å². The Morgan fingerprint density at radius 3 is 2.32 bits per heavy atom. The Labute approximate surface area is 195 Å². The van der Waals surface area contributed by atoms with E-state index in [0.717, 1.165) is 0 Å². The number of hydrogen-bond acceptors (Lipinski definition) is 9. The second-order valence-corrected chi connectivity index (χ2v) is 8.47. The molecule has 0 aliphatic rings. The highest BCUT2D eigenvalue weighted by Crippen LogP contribution is 2.16. The zero-order valence-corrected chi connectivity index (χ0v) is 20.3. The van der Waals surface area contributed by atoms with E-state index in [0.29, 0.717) is 31.6 Å². The predicted octanol–water partition coefficient (Wildman–Crippen LogP) is -1.44. The van der Waals surface area contributed by atoms with Crippen LogP contribution in [-0.4, -0.2) is 83.1 Å². The van der Waals surface area contributed by atoms with Crippen LogP contribution in [0.15, 0.2) is 0 Å². The molecule has 0 aliphatic heterocycles. The zero-order valence-electron chi connectivity index (χ0n) is 17.9. The number of ketones is 1. The van der Waals surface area contributed by atoms with Gasteiger partial charge in [-0.1, -0.05) is 22.9 Å². The molecule has 11 nitrogen and oxygen atoms in total. The molecule has 2 unspecified atom stereocenters. The quantitative estimate of drug-likeness (QED) is 0.0971. The summed E-state index contributed by atoms with van der Waals surface area (Å²) in [6.45, 7) is 3.24. The van der Waals surface area contributed by atoms with Gasteiger partial charge in [-0.3, -0.25) is 19.2 Å². The molecule has 0 saturated heterocycles. The molecular formula is C18H34BrN5O6S. The third kappa shape index (κ3) is 13.7. The number of hydrogen-bond donors (Lipinski definition) is 6. The number of thioether (sulfide) groups is 1. The van der Waals surface area contributed by atoms with Gasteiger partial charge in [-0.25, -0.2) is 0 Å². The van der Waals surface area contributed by atoms with Gasteiger partial charge in [0.05, 0.1) is 30.6 Å². The predicted molar refractivity (Wildman–Crippen MR) is 122 cm³/mol. The van der Waals surface area contributed by atoms with Crippen molar-refractivity contribution < 1.29 is 29.0 Å². The molecule has 31 heavy (non-hydrogen) atoms. The first-order valence-corrected chi connectivity index (χ1v) is 12.2. The number of aliphatic hydroxyl groups is 1. The van der Waals surface area contributed by atoms with Crippen LogP contribution < -0.4 is 27.4 Å². The Morgan fingerprint density at radius 1 is 1.06 bits per heavy atom. The lowest BCUT2D eigenvalue weighted by Gasteiger charge is -2.21. The largest absolute Gasteiger partial charge is 0.382 e. The van der Waals surface area contributed by atoms with Gasteiger partial charge in [0.1, 0.15) is 11.5 Å². The number of aliphatic hydroxyl groups excluding tert-OH is 1. The van der Waals surface area contributed by atoms with E-state index < -0.39 is 41.3 Å². The SMILES string of the molecule is CCO[C@@H](SCC)C(O)C(=O)CNC(=O)CNC(=O)[C@@H](N)CCCC(N)NC(=O)CBr. The van der Waals surface area contributed by atoms with E-state index in [-0.39, 0.29) is 24.3 Å². The smallest absolute Gasteiger partial charge is 0.239 e. The molecule has 0 heterocycles. The van der Waals surface area contributed by atoms with Crippen molar-refractivity contribution in [1.29, 1.82) is 0 Å². The van der Waals surface area contributed by atoms with Crippen molar-refractivity contribution in [2.45, 2.75) is 56.9 Å². The standard InChI is InChI=1S/C18H34BrN5O6S/c1-3-30-18(31-4-2)16(28)12(25)9-22-15(27)10-23-17(29)11(20)6-5-7-13(21)24-14(26)8-19/h11,13,16,18,28H,3-10,20-21H2,1-2H3,(H,22,27)(H,23,29)(H,24,26)/t11-,13?,16?,18-/m0/s1. The van der Waals surface area contributed by atoms with Crippen molar-refractivity contribution in [2.75, 3.05) is 30.8 Å². The van der Waals surface area contributed by atoms with Crippen molar-refractivity contribution in [3.63, 3.8) is 0 Å². The normalized spacial score (nSPS) is 14.8. The minimum absolute atomic E-state index is 0.153. The van der Waals surface area contributed by atoms with Gasteiger partial charge >= 0.3 is 0 Å². The Morgan fingerprint density at radius 2 is 1.74 bits per heavy atom. The van der Waals surface area contributed by atoms with E-state index in [2.05, 4.69) is 31.9 Å². The van der Waals surface area contributed by atoms with Crippen molar-refractivity contribution >= 4 is 51.2 Å². The number of nitrogens with one attached hydrogen (secondary N) is 3. The van der Waals surface area contributed by atoms with Gasteiger partial charge in [-0.05, 0) is 31.9 Å². The summed E-state index contributed by atoms with van der Waals surface area (Å²) in [5, 5.41) is 17.5. The topological polar surface area (TPSA) is 186 Å². The lowest BCUT2D eigenvalue weighted by atomic mass is 10.1. The van der Waals surface area contributed by atoms with Crippen LogP contribution in [0.4, 0.5) is 0 Å². The summed E-state index contributed by atoms with van der Waals surface area (Å²) < 4.78 is 5.33. The molecule has 0 aromatic carbocycles. The first-order valence-electron chi connectivity index (χ1n) is 10.0. The molecule has 8 N–H and O–H groups in total. The second-order valence-electron chi connectivity index (χ2n) is 6.53. The maximum Gasteiger partial charge on any atom is 0.239 e. The van der Waals surface area contributed by atoms with Crippen LogP contribution in [0, 0.1) is 0 Å². The van der Waals surface area contributed by atoms with Crippen molar-refractivity contribution in [3.05, 3.63) is 0 Å². The average molecular weight is 528 g/mol. The Kier molecular flexibility index (Phi) is 16.6. The summed E-state index contributed by atoms with van der Waals surface area (Å²) in [4.78, 5) is 47.1. The van der Waals surface area contributed by atoms with Gasteiger partial charge in [-0.15, -0.1) is 11.8 Å². The van der Waals surface area contributed by atoms with E-state index in [9.17, 15) is 24.3 Å². The number of carbonyl (C=O) groups excluding carboxylic acids is 4. The first kappa shape index (κ1) is 29.8. The first-order chi connectivity index (χ1) is 14.7.